The maximum Gasteiger partial charge on any atom is 0.408 e. The summed E-state index contributed by atoms with van der Waals surface area (Å²) in [5.41, 5.74) is -0.416. The predicted octanol–water partition coefficient (Wildman–Crippen LogP) is 1.74. The van der Waals surface area contributed by atoms with E-state index in [2.05, 4.69) is 21.3 Å². The van der Waals surface area contributed by atoms with Crippen LogP contribution < -0.4 is 15.4 Å². The molecule has 0 aromatic heterocycles. The molecule has 11 heteroatoms. The highest BCUT2D eigenvalue weighted by Gasteiger charge is 2.44. The topological polar surface area (TPSA) is 144 Å². The molecule has 1 fully saturated rings. The van der Waals surface area contributed by atoms with Crippen LogP contribution in [-0.2, 0) is 30.4 Å². The Morgan fingerprint density at radius 3 is 2.41 bits per heavy atom. The fraction of sp³-hybridized carbons (Fsp3) is 0.571. The number of amides is 3. The van der Waals surface area contributed by atoms with Gasteiger partial charge in [0.2, 0.25) is 11.8 Å². The van der Waals surface area contributed by atoms with E-state index in [0.29, 0.717) is 16.9 Å². The second-order valence-corrected chi connectivity index (χ2v) is 11.4. The zero-order valence-electron chi connectivity index (χ0n) is 23.6. The molecule has 3 amide bonds. The van der Waals surface area contributed by atoms with E-state index < -0.39 is 53.1 Å². The number of hydrogen-bond acceptors (Lipinski definition) is 8. The number of nitrogens with zero attached hydrogens (tertiary/aromatic N) is 1. The number of benzene rings is 1. The van der Waals surface area contributed by atoms with Gasteiger partial charge in [-0.2, -0.15) is 0 Å². The van der Waals surface area contributed by atoms with E-state index >= 15 is 0 Å². The Balaban J connectivity index is 2.19. The molecule has 1 aliphatic heterocycles. The van der Waals surface area contributed by atoms with E-state index in [4.69, 9.17) is 15.9 Å². The van der Waals surface area contributed by atoms with Crippen molar-refractivity contribution in [1.82, 2.24) is 15.5 Å². The summed E-state index contributed by atoms with van der Waals surface area (Å²) in [5.74, 6) is 1.19. The van der Waals surface area contributed by atoms with Gasteiger partial charge in [0.15, 0.2) is 6.61 Å². The van der Waals surface area contributed by atoms with Crippen molar-refractivity contribution in [3.05, 3.63) is 29.3 Å². The van der Waals surface area contributed by atoms with Crippen LogP contribution in [0.15, 0.2) is 18.2 Å². The molecule has 1 aromatic carbocycles. The van der Waals surface area contributed by atoms with Crippen LogP contribution in [0, 0.1) is 17.8 Å². The van der Waals surface area contributed by atoms with Crippen LogP contribution in [0.4, 0.5) is 4.79 Å². The largest absolute Gasteiger partial charge is 0.482 e. The number of terminal acetylenes is 1. The van der Waals surface area contributed by atoms with Gasteiger partial charge in [0.05, 0.1) is 13.2 Å². The lowest BCUT2D eigenvalue weighted by atomic mass is 9.85. The molecule has 3 N–H and O–H groups in total. The zero-order valence-corrected chi connectivity index (χ0v) is 23.6. The summed E-state index contributed by atoms with van der Waals surface area (Å²) < 4.78 is 15.5. The van der Waals surface area contributed by atoms with Gasteiger partial charge in [0.1, 0.15) is 23.4 Å². The molecule has 2 rings (SSSR count). The second kappa shape index (κ2) is 12.8. The second-order valence-electron chi connectivity index (χ2n) is 11.4. The number of aliphatic hydroxyl groups excluding tert-OH is 1. The first-order valence-corrected chi connectivity index (χ1v) is 12.6. The number of β-amino-alcohol motifs (C(OH)–C–C–N with tert-alkyl or cyclic N) is 1. The molecular weight excluding hydrogens is 506 g/mol. The smallest absolute Gasteiger partial charge is 0.408 e. The molecule has 0 bridgehead atoms. The standard InChI is InChI=1S/C28H39N3O8/c1-9-17-10-11-18(21(12-17)38-16-22(33)37-8)14-29-24(34)20-13-19(32)15-31(20)25(35)23(27(2,3)4)30-26(36)39-28(5,6)7/h1,10-12,19-20,23,32H,13-16H2,2-8H3,(H,29,34)(H,30,36)/t19-,20+,23-/m1/s1. The molecule has 1 saturated heterocycles. The Bertz CT molecular complexity index is 1110. The summed E-state index contributed by atoms with van der Waals surface area (Å²) in [5, 5.41) is 15.8. The highest BCUT2D eigenvalue weighted by Crippen LogP contribution is 2.27. The van der Waals surface area contributed by atoms with E-state index in [1.54, 1.807) is 59.7 Å². The Morgan fingerprint density at radius 2 is 1.85 bits per heavy atom. The van der Waals surface area contributed by atoms with Crippen LogP contribution in [0.5, 0.6) is 5.75 Å². The first-order valence-electron chi connectivity index (χ1n) is 12.6. The molecule has 0 unspecified atom stereocenters. The third kappa shape index (κ3) is 9.18. The third-order valence-corrected chi connectivity index (χ3v) is 5.90. The van der Waals surface area contributed by atoms with Crippen LogP contribution in [0.2, 0.25) is 0 Å². The van der Waals surface area contributed by atoms with Crippen LogP contribution in [0.25, 0.3) is 0 Å². The number of carbonyl (C=O) groups is 4. The SMILES string of the molecule is C#Cc1ccc(CNC(=O)[C@@H]2C[C@@H](O)CN2C(=O)[C@@H](NC(=O)OC(C)(C)C)C(C)(C)C)c(OCC(=O)OC)c1. The van der Waals surface area contributed by atoms with Gasteiger partial charge in [0.25, 0.3) is 0 Å². The Kier molecular flexibility index (Phi) is 10.4. The number of carbonyl (C=O) groups excluding carboxylic acids is 4. The summed E-state index contributed by atoms with van der Waals surface area (Å²) in [7, 11) is 1.24. The maximum absolute atomic E-state index is 13.6. The summed E-state index contributed by atoms with van der Waals surface area (Å²) >= 11 is 0. The Labute approximate surface area is 229 Å². The first-order chi connectivity index (χ1) is 18.1. The third-order valence-electron chi connectivity index (χ3n) is 5.90. The van der Waals surface area contributed by atoms with Crippen molar-refractivity contribution in [3.8, 4) is 18.1 Å². The molecule has 0 saturated carbocycles. The van der Waals surface area contributed by atoms with Gasteiger partial charge in [-0.25, -0.2) is 9.59 Å². The van der Waals surface area contributed by atoms with E-state index in [0.717, 1.165) is 0 Å². The number of rotatable bonds is 8. The molecule has 1 aromatic rings. The number of aliphatic hydroxyl groups is 1. The van der Waals surface area contributed by atoms with Crippen LogP contribution in [0.1, 0.15) is 59.1 Å². The monoisotopic (exact) mass is 545 g/mol. The molecule has 1 aliphatic rings. The lowest BCUT2D eigenvalue weighted by molar-refractivity contribution is -0.143. The lowest BCUT2D eigenvalue weighted by Gasteiger charge is -2.35. The molecule has 39 heavy (non-hydrogen) atoms. The van der Waals surface area contributed by atoms with E-state index in [1.807, 2.05) is 0 Å². The number of likely N-dealkylation sites (tertiary alicyclic amines) is 1. The molecule has 214 valence electrons. The minimum absolute atomic E-state index is 0.00761. The predicted molar refractivity (Wildman–Crippen MR) is 142 cm³/mol. The van der Waals surface area contributed by atoms with Crippen molar-refractivity contribution in [2.75, 3.05) is 20.3 Å². The molecule has 11 nitrogen and oxygen atoms in total. The quantitative estimate of drug-likeness (QED) is 0.331. The van der Waals surface area contributed by atoms with Crippen molar-refractivity contribution >= 4 is 23.9 Å². The van der Waals surface area contributed by atoms with Gasteiger partial charge >= 0.3 is 12.1 Å². The molecule has 3 atom stereocenters. The number of ether oxygens (including phenoxy) is 3. The fourth-order valence-corrected chi connectivity index (χ4v) is 3.97. The molecule has 0 spiro atoms. The maximum atomic E-state index is 13.6. The molecular formula is C28H39N3O8. The van der Waals surface area contributed by atoms with Gasteiger partial charge in [0, 0.05) is 30.6 Å². The number of alkyl carbamates (subject to hydrolysis) is 1. The fourth-order valence-electron chi connectivity index (χ4n) is 3.97. The minimum Gasteiger partial charge on any atom is -0.482 e. The first kappa shape index (κ1) is 31.4. The van der Waals surface area contributed by atoms with Gasteiger partial charge in [-0.3, -0.25) is 9.59 Å². The van der Waals surface area contributed by atoms with Gasteiger partial charge in [-0.05, 0) is 38.3 Å². The summed E-state index contributed by atoms with van der Waals surface area (Å²) in [4.78, 5) is 52.1. The van der Waals surface area contributed by atoms with Crippen molar-refractivity contribution in [3.63, 3.8) is 0 Å². The number of hydrogen-bond donors (Lipinski definition) is 3. The summed E-state index contributed by atoms with van der Waals surface area (Å²) in [6.45, 7) is 10.1. The van der Waals surface area contributed by atoms with Crippen LogP contribution in [0.3, 0.4) is 0 Å². The zero-order chi connectivity index (χ0) is 29.5. The number of nitrogens with one attached hydrogen (secondary N) is 2. The highest BCUT2D eigenvalue weighted by molar-refractivity contribution is 5.92. The van der Waals surface area contributed by atoms with Gasteiger partial charge < -0.3 is 34.9 Å². The molecule has 0 radical (unpaired) electrons. The van der Waals surface area contributed by atoms with Crippen molar-refractivity contribution in [2.24, 2.45) is 5.41 Å². The van der Waals surface area contributed by atoms with Crippen molar-refractivity contribution in [2.45, 2.75) is 78.3 Å². The van der Waals surface area contributed by atoms with Gasteiger partial charge in [-0.1, -0.05) is 32.8 Å². The normalized spacial score (nSPS) is 18.0. The average Bonchev–Trinajstić information content (AvgIpc) is 3.24. The average molecular weight is 546 g/mol. The Hall–Kier alpha value is -3.78. The minimum atomic E-state index is -1.01. The van der Waals surface area contributed by atoms with Crippen molar-refractivity contribution < 1.29 is 38.5 Å². The van der Waals surface area contributed by atoms with Gasteiger partial charge in [-0.15, -0.1) is 6.42 Å². The highest BCUT2D eigenvalue weighted by atomic mass is 16.6. The molecule has 0 aliphatic carbocycles. The van der Waals surface area contributed by atoms with E-state index in [-0.39, 0.29) is 26.1 Å². The molecule has 1 heterocycles. The van der Waals surface area contributed by atoms with Crippen molar-refractivity contribution in [1.29, 1.82) is 0 Å². The van der Waals surface area contributed by atoms with Crippen LogP contribution >= 0.6 is 0 Å². The number of esters is 1. The van der Waals surface area contributed by atoms with E-state index in [1.165, 1.54) is 12.0 Å². The summed E-state index contributed by atoms with van der Waals surface area (Å²) in [6.07, 6.45) is 3.82. The van der Waals surface area contributed by atoms with Crippen LogP contribution in [-0.4, -0.2) is 77.9 Å². The Morgan fingerprint density at radius 1 is 1.18 bits per heavy atom. The van der Waals surface area contributed by atoms with E-state index in [9.17, 15) is 24.3 Å². The number of methoxy groups -OCH3 is 1. The summed E-state index contributed by atoms with van der Waals surface area (Å²) in [6, 6.07) is 2.91. The lowest BCUT2D eigenvalue weighted by Crippen LogP contribution is -2.58.